The van der Waals surface area contributed by atoms with E-state index in [2.05, 4.69) is 67.2 Å². The maximum Gasteiger partial charge on any atom is 0.368 e. The fourth-order valence-electron chi connectivity index (χ4n) is 8.81. The molecule has 1 saturated carbocycles. The van der Waals surface area contributed by atoms with E-state index >= 15 is 0 Å². The number of aryl methyl sites for hydroxylation is 10. The summed E-state index contributed by atoms with van der Waals surface area (Å²) in [6.07, 6.45) is 8.39. The highest BCUT2D eigenvalue weighted by atomic mass is 16.5. The number of aromatic nitrogens is 24. The number of benzene rings is 4. The lowest BCUT2D eigenvalue weighted by molar-refractivity contribution is 0.289. The zero-order valence-corrected chi connectivity index (χ0v) is 50.8. The standard InChI is InChI=1S/C16H18N6O2.C15H18N6O2.C14H16N6O2.C13H14N6O2/c1-11-5-3-4-6-15(11)24-10-14-13(9-17-21(14)12-7-8-12)22-16(23)20(2)18-19-22;1-4-20-13(10-23-14-8-6-5-7-11(14)2)12(9-16-20)21-15(22)19(3)17-18-21;1-10-6-4-5-7-13(10)22-9-12-11(8-15-18(12)2)20-14(21)19(3)16-17-20;1-9-5-3-4-6-12(9)21-8-10-11(7-14-15-10)19-13(20)18(2)16-17-19/h3-6,9,12H,7-8,10H2,1-2H3;5-9H,4,10H2,1-3H3;4-8H,9H2,1-3H3;3-7H,8H2,1-2H3,(H,14,15)/i3T;5T;4T;3T. The Balaban J connectivity index is 0.000000137. The van der Waals surface area contributed by atoms with Crippen LogP contribution >= 0.6 is 0 Å². The lowest BCUT2D eigenvalue weighted by Gasteiger charge is -2.11. The van der Waals surface area contributed by atoms with Crippen molar-refractivity contribution in [1.82, 2.24) is 119 Å². The highest BCUT2D eigenvalue weighted by Gasteiger charge is 2.30. The highest BCUT2D eigenvalue weighted by molar-refractivity contribution is 5.39. The number of hydrogen-bond acceptors (Lipinski definition) is 20. The van der Waals surface area contributed by atoms with Crippen LogP contribution in [0.1, 0.15) is 76.3 Å². The van der Waals surface area contributed by atoms with Gasteiger partial charge in [0.2, 0.25) is 0 Å². The maximum absolute atomic E-state index is 12.2. The fraction of sp³-hybridized carbons (Fsp3) is 0.310. The average Bonchev–Trinajstić information content (AvgIpc) is 1.64. The van der Waals surface area contributed by atoms with Crippen LogP contribution in [0, 0.1) is 27.7 Å². The van der Waals surface area contributed by atoms with Crippen LogP contribution in [-0.2, 0) is 68.2 Å². The van der Waals surface area contributed by atoms with E-state index in [0.717, 1.165) is 65.2 Å². The molecule has 0 bridgehead atoms. The first kappa shape index (κ1) is 56.2. The van der Waals surface area contributed by atoms with E-state index in [0.29, 0.717) is 93.9 Å². The van der Waals surface area contributed by atoms with E-state index in [4.69, 9.17) is 24.4 Å². The third kappa shape index (κ3) is 13.6. The van der Waals surface area contributed by atoms with Gasteiger partial charge >= 0.3 is 22.8 Å². The summed E-state index contributed by atoms with van der Waals surface area (Å²) in [6, 6.07) is 22.7. The molecule has 0 aliphatic heterocycles. The zero-order valence-electron chi connectivity index (χ0n) is 54.8. The summed E-state index contributed by atoms with van der Waals surface area (Å²) in [4.78, 5) is 48.2. The van der Waals surface area contributed by atoms with Crippen LogP contribution in [0.15, 0.2) is 141 Å². The number of nitrogens with one attached hydrogen (secondary N) is 1. The van der Waals surface area contributed by atoms with Crippen molar-refractivity contribution in [2.24, 2.45) is 35.2 Å². The number of para-hydroxylation sites is 4. The molecule has 0 saturated heterocycles. The topological polar surface area (TPSA) is 330 Å². The minimum atomic E-state index is -0.364. The maximum atomic E-state index is 12.2. The van der Waals surface area contributed by atoms with Gasteiger partial charge in [-0.1, -0.05) is 72.7 Å². The molecule has 32 nitrogen and oxygen atoms in total. The second-order valence-electron chi connectivity index (χ2n) is 20.4. The molecule has 8 heterocycles. The van der Waals surface area contributed by atoms with Crippen molar-refractivity contribution >= 4 is 0 Å². The van der Waals surface area contributed by atoms with Crippen LogP contribution < -0.4 is 41.7 Å². The molecule has 0 amide bonds. The Bertz CT molecular complexity index is 4900. The van der Waals surface area contributed by atoms with Crippen molar-refractivity contribution in [3.8, 4) is 45.7 Å². The molecule has 4 aromatic carbocycles. The van der Waals surface area contributed by atoms with E-state index < -0.39 is 0 Å². The first-order chi connectivity index (χ1) is 45.1. The second-order valence-corrected chi connectivity index (χ2v) is 20.4. The fourth-order valence-corrected chi connectivity index (χ4v) is 8.81. The van der Waals surface area contributed by atoms with Crippen molar-refractivity contribution in [2.75, 3.05) is 0 Å². The lowest BCUT2D eigenvalue weighted by Crippen LogP contribution is -2.23. The number of ether oxygens (including phenoxy) is 4. The molecule has 0 spiro atoms. The van der Waals surface area contributed by atoms with E-state index in [-0.39, 0.29) is 49.2 Å². The summed E-state index contributed by atoms with van der Waals surface area (Å²) in [5.41, 5.74) is 7.10. The van der Waals surface area contributed by atoms with Gasteiger partial charge in [0.05, 0.1) is 42.0 Å². The molecule has 32 heteroatoms. The molecule has 90 heavy (non-hydrogen) atoms. The van der Waals surface area contributed by atoms with E-state index in [1.807, 2.05) is 39.3 Å². The van der Waals surface area contributed by atoms with E-state index in [1.54, 1.807) is 115 Å². The van der Waals surface area contributed by atoms with Gasteiger partial charge in [-0.15, -0.1) is 0 Å². The van der Waals surface area contributed by atoms with Crippen LogP contribution in [0.4, 0.5) is 0 Å². The summed E-state index contributed by atoms with van der Waals surface area (Å²) < 4.78 is 68.4. The Morgan fingerprint density at radius 3 is 1.21 bits per heavy atom. The van der Waals surface area contributed by atoms with Gasteiger partial charge in [-0.05, 0) is 136 Å². The number of tetrazole rings is 4. The van der Waals surface area contributed by atoms with Gasteiger partial charge in [0.1, 0.15) is 89.3 Å². The predicted octanol–water partition coefficient (Wildman–Crippen LogP) is 3.62. The third-order valence-electron chi connectivity index (χ3n) is 14.1. The molecule has 466 valence electrons. The Labute approximate surface area is 517 Å². The summed E-state index contributed by atoms with van der Waals surface area (Å²) in [6.45, 7) is 11.0. The van der Waals surface area contributed by atoms with Crippen LogP contribution in [0.25, 0.3) is 22.7 Å². The molecular weight excluding hydrogens is 1160 g/mol. The molecular formula is C58H66N24O8. The largest absolute Gasteiger partial charge is 0.487 e. The molecule has 0 atom stereocenters. The Kier molecular flexibility index (Phi) is 17.1. The van der Waals surface area contributed by atoms with Crippen molar-refractivity contribution < 1.29 is 24.4 Å². The molecule has 1 N–H and O–H groups in total. The number of H-pyrrole nitrogens is 1. The van der Waals surface area contributed by atoms with Crippen LogP contribution in [0.2, 0.25) is 0 Å². The minimum absolute atomic E-state index is 0.191. The van der Waals surface area contributed by atoms with E-state index in [9.17, 15) is 19.2 Å². The third-order valence-corrected chi connectivity index (χ3v) is 14.1. The molecule has 1 fully saturated rings. The molecule has 1 aliphatic rings. The molecule has 8 aromatic heterocycles. The SMILES string of the molecule is [3H]c1ccc(OCc2[nH]ncc2-n2nnn(C)c2=O)c(C)c1.[3H]c1ccc(OCc2c(-n3nnn(C)c3=O)cnn2C)c(C)c1.[3H]c1ccc(OCc2c(-n3nnn(C)c3=O)cnn2C2CC2)c(C)c1.[3H]c1ccc(OCc2c(-n3nnn(C)c3=O)cnn2CC)c(C)c1. The van der Waals surface area contributed by atoms with E-state index in [1.165, 1.54) is 46.1 Å². The Morgan fingerprint density at radius 1 is 0.444 bits per heavy atom. The number of aromatic amines is 1. The van der Waals surface area contributed by atoms with Gasteiger partial charge in [0.25, 0.3) is 0 Å². The lowest BCUT2D eigenvalue weighted by atomic mass is 10.2. The normalized spacial score (nSPS) is 12.3. The Morgan fingerprint density at radius 2 is 0.811 bits per heavy atom. The zero-order chi connectivity index (χ0) is 67.1. The van der Waals surface area contributed by atoms with Crippen molar-refractivity contribution in [1.29, 1.82) is 0 Å². The summed E-state index contributed by atoms with van der Waals surface area (Å²) >= 11 is 0. The Hall–Kier alpha value is -11.6. The first-order valence-electron chi connectivity index (χ1n) is 30.0. The number of nitrogens with zero attached hydrogens (tertiary/aromatic N) is 23. The molecule has 13 rings (SSSR count). The molecule has 1 aliphatic carbocycles. The molecule has 12 aromatic rings. The van der Waals surface area contributed by atoms with Gasteiger partial charge in [-0.25, -0.2) is 19.2 Å². The van der Waals surface area contributed by atoms with Crippen LogP contribution in [-0.4, -0.2) is 119 Å². The van der Waals surface area contributed by atoms with Gasteiger partial charge in [-0.3, -0.25) is 19.1 Å². The van der Waals surface area contributed by atoms with Gasteiger partial charge in [0.15, 0.2) is 0 Å². The predicted molar refractivity (Wildman–Crippen MR) is 323 cm³/mol. The van der Waals surface area contributed by atoms with Gasteiger partial charge in [-0.2, -0.15) is 57.8 Å². The highest BCUT2D eigenvalue weighted by Crippen LogP contribution is 2.37. The van der Waals surface area contributed by atoms with Crippen LogP contribution in [0.5, 0.6) is 23.0 Å². The van der Waals surface area contributed by atoms with Crippen LogP contribution in [0.3, 0.4) is 0 Å². The summed E-state index contributed by atoms with van der Waals surface area (Å²) in [5.74, 6) is 2.74. The number of rotatable bonds is 18. The summed E-state index contributed by atoms with van der Waals surface area (Å²) in [5, 5.41) is 49.8. The molecule has 0 unspecified atom stereocenters. The summed E-state index contributed by atoms with van der Waals surface area (Å²) in [7, 11) is 7.92. The average molecular weight is 1240 g/mol. The van der Waals surface area contributed by atoms with Crippen molar-refractivity contribution in [3.05, 3.63) is 209 Å². The van der Waals surface area contributed by atoms with Crippen molar-refractivity contribution in [3.63, 3.8) is 0 Å². The van der Waals surface area contributed by atoms with Crippen molar-refractivity contribution in [2.45, 2.75) is 86.5 Å². The molecule has 0 radical (unpaired) electrons. The second kappa shape index (κ2) is 27.4. The number of hydrogen-bond donors (Lipinski definition) is 1. The smallest absolute Gasteiger partial charge is 0.368 e. The minimum Gasteiger partial charge on any atom is -0.487 e. The first-order valence-corrected chi connectivity index (χ1v) is 28.0. The van der Waals surface area contributed by atoms with Gasteiger partial charge in [0, 0.05) is 41.8 Å². The van der Waals surface area contributed by atoms with Gasteiger partial charge < -0.3 is 18.9 Å². The quantitative estimate of drug-likeness (QED) is 0.128. The monoisotopic (exact) mass is 1230 g/mol.